The molecule has 2 aromatic rings. The third-order valence-corrected chi connectivity index (χ3v) is 4.15. The van der Waals surface area contributed by atoms with E-state index in [0.717, 1.165) is 12.8 Å². The summed E-state index contributed by atoms with van der Waals surface area (Å²) in [7, 11) is 1.43. The Morgan fingerprint density at radius 3 is 2.21 bits per heavy atom. The first kappa shape index (κ1) is 19.2. The first-order valence-corrected chi connectivity index (χ1v) is 8.77. The molecule has 0 atom stereocenters. The highest BCUT2D eigenvalue weighted by Crippen LogP contribution is 2.30. The number of primary amides is 1. The molecule has 28 heavy (non-hydrogen) atoms. The summed E-state index contributed by atoms with van der Waals surface area (Å²) in [5, 5.41) is 5.62. The van der Waals surface area contributed by atoms with Crippen molar-refractivity contribution < 1.29 is 23.9 Å². The number of benzene rings is 2. The minimum Gasteiger partial charge on any atom is -0.493 e. The van der Waals surface area contributed by atoms with Gasteiger partial charge >= 0.3 is 0 Å². The number of methoxy groups -OCH3 is 1. The van der Waals surface area contributed by atoms with E-state index in [1.54, 1.807) is 30.3 Å². The number of hydrogen-bond acceptors (Lipinski definition) is 5. The van der Waals surface area contributed by atoms with Crippen LogP contribution in [-0.4, -0.2) is 31.4 Å². The van der Waals surface area contributed by atoms with Crippen LogP contribution in [0.2, 0.25) is 0 Å². The molecule has 0 aromatic heterocycles. The van der Waals surface area contributed by atoms with E-state index in [0.29, 0.717) is 28.4 Å². The van der Waals surface area contributed by atoms with E-state index in [1.165, 1.54) is 19.2 Å². The molecule has 0 bridgehead atoms. The molecule has 0 radical (unpaired) electrons. The number of ether oxygens (including phenoxy) is 2. The monoisotopic (exact) mass is 383 g/mol. The Hall–Kier alpha value is -3.55. The van der Waals surface area contributed by atoms with Gasteiger partial charge in [0.05, 0.1) is 7.11 Å². The Morgan fingerprint density at radius 2 is 1.64 bits per heavy atom. The topological polar surface area (TPSA) is 120 Å². The second kappa shape index (κ2) is 8.43. The quantitative estimate of drug-likeness (QED) is 0.645. The van der Waals surface area contributed by atoms with E-state index < -0.39 is 5.91 Å². The van der Waals surface area contributed by atoms with Crippen molar-refractivity contribution in [3.63, 3.8) is 0 Å². The van der Waals surface area contributed by atoms with E-state index >= 15 is 0 Å². The smallest absolute Gasteiger partial charge is 0.255 e. The molecule has 146 valence electrons. The second-order valence-electron chi connectivity index (χ2n) is 6.42. The van der Waals surface area contributed by atoms with Gasteiger partial charge in [-0.3, -0.25) is 14.4 Å². The summed E-state index contributed by atoms with van der Waals surface area (Å²) in [5.74, 6) is -0.164. The van der Waals surface area contributed by atoms with Crippen molar-refractivity contribution in [2.24, 2.45) is 11.7 Å². The highest BCUT2D eigenvalue weighted by molar-refractivity contribution is 6.05. The van der Waals surface area contributed by atoms with Gasteiger partial charge in [0.2, 0.25) is 5.91 Å². The predicted molar refractivity (Wildman–Crippen MR) is 103 cm³/mol. The summed E-state index contributed by atoms with van der Waals surface area (Å²) in [4.78, 5) is 35.1. The Kier molecular flexibility index (Phi) is 5.78. The van der Waals surface area contributed by atoms with Crippen molar-refractivity contribution in [2.45, 2.75) is 12.8 Å². The van der Waals surface area contributed by atoms with E-state index in [9.17, 15) is 14.4 Å². The Morgan fingerprint density at radius 1 is 1.00 bits per heavy atom. The number of carbonyl (C=O) groups excluding carboxylic acids is 3. The van der Waals surface area contributed by atoms with E-state index in [-0.39, 0.29) is 24.3 Å². The molecule has 4 N–H and O–H groups in total. The summed E-state index contributed by atoms with van der Waals surface area (Å²) < 4.78 is 10.4. The zero-order chi connectivity index (χ0) is 20.1. The van der Waals surface area contributed by atoms with Crippen LogP contribution < -0.4 is 25.8 Å². The maximum absolute atomic E-state index is 12.5. The van der Waals surface area contributed by atoms with E-state index in [4.69, 9.17) is 15.2 Å². The van der Waals surface area contributed by atoms with E-state index in [1.807, 2.05) is 0 Å². The lowest BCUT2D eigenvalue weighted by Crippen LogP contribution is -2.20. The van der Waals surface area contributed by atoms with Gasteiger partial charge in [-0.2, -0.15) is 0 Å². The van der Waals surface area contributed by atoms with Crippen LogP contribution in [0.5, 0.6) is 11.5 Å². The Bertz CT molecular complexity index is 891. The lowest BCUT2D eigenvalue weighted by Gasteiger charge is -2.12. The maximum atomic E-state index is 12.5. The van der Waals surface area contributed by atoms with Crippen molar-refractivity contribution in [3.8, 4) is 11.5 Å². The number of rotatable bonds is 8. The number of carbonyl (C=O) groups is 3. The number of amides is 3. The first-order valence-electron chi connectivity index (χ1n) is 8.77. The van der Waals surface area contributed by atoms with Gasteiger partial charge in [0.1, 0.15) is 0 Å². The number of nitrogens with one attached hydrogen (secondary N) is 2. The third kappa shape index (κ3) is 5.00. The minimum absolute atomic E-state index is 0.0301. The molecule has 3 rings (SSSR count). The lowest BCUT2D eigenvalue weighted by atomic mass is 10.1. The Labute approximate surface area is 162 Å². The molecule has 1 saturated carbocycles. The van der Waals surface area contributed by atoms with Crippen LogP contribution in [0.3, 0.4) is 0 Å². The zero-order valence-electron chi connectivity index (χ0n) is 15.4. The van der Waals surface area contributed by atoms with Gasteiger partial charge in [-0.05, 0) is 55.3 Å². The minimum atomic E-state index is -0.611. The fourth-order valence-electron chi connectivity index (χ4n) is 2.51. The van der Waals surface area contributed by atoms with Crippen LogP contribution in [0.25, 0.3) is 0 Å². The number of hydrogen-bond donors (Lipinski definition) is 3. The molecule has 0 unspecified atom stereocenters. The van der Waals surface area contributed by atoms with Crippen molar-refractivity contribution in [1.82, 2.24) is 0 Å². The van der Waals surface area contributed by atoms with Crippen LogP contribution in [0.4, 0.5) is 11.4 Å². The van der Waals surface area contributed by atoms with Crippen molar-refractivity contribution in [3.05, 3.63) is 48.0 Å². The molecule has 1 fully saturated rings. The van der Waals surface area contributed by atoms with Crippen LogP contribution in [0, 0.1) is 5.92 Å². The van der Waals surface area contributed by atoms with Gasteiger partial charge in [-0.1, -0.05) is 0 Å². The molecule has 0 aliphatic heterocycles. The third-order valence-electron chi connectivity index (χ3n) is 4.15. The summed E-state index contributed by atoms with van der Waals surface area (Å²) in [6, 6.07) is 11.5. The molecular formula is C20H21N3O5. The zero-order valence-corrected chi connectivity index (χ0v) is 15.4. The lowest BCUT2D eigenvalue weighted by molar-refractivity contribution is -0.120. The van der Waals surface area contributed by atoms with Gasteiger partial charge in [0, 0.05) is 22.9 Å². The normalized spacial score (nSPS) is 12.8. The molecule has 0 heterocycles. The van der Waals surface area contributed by atoms with Gasteiger partial charge in [-0.15, -0.1) is 0 Å². The molecule has 3 amide bonds. The van der Waals surface area contributed by atoms with Gasteiger partial charge in [0.25, 0.3) is 11.8 Å². The largest absolute Gasteiger partial charge is 0.493 e. The average Bonchev–Trinajstić information content (AvgIpc) is 3.53. The van der Waals surface area contributed by atoms with Crippen LogP contribution in [-0.2, 0) is 9.59 Å². The van der Waals surface area contributed by atoms with Crippen molar-refractivity contribution in [2.75, 3.05) is 24.4 Å². The highest BCUT2D eigenvalue weighted by Gasteiger charge is 2.29. The second-order valence-corrected chi connectivity index (χ2v) is 6.42. The highest BCUT2D eigenvalue weighted by atomic mass is 16.5. The number of anilines is 2. The van der Waals surface area contributed by atoms with Crippen molar-refractivity contribution in [1.29, 1.82) is 0 Å². The average molecular weight is 383 g/mol. The summed E-state index contributed by atoms with van der Waals surface area (Å²) in [6.45, 7) is -0.286. The summed E-state index contributed by atoms with van der Waals surface area (Å²) in [6.07, 6.45) is 1.88. The molecule has 1 aliphatic carbocycles. The molecule has 0 spiro atoms. The number of nitrogens with two attached hydrogens (primary N) is 1. The van der Waals surface area contributed by atoms with Crippen LogP contribution >= 0.6 is 0 Å². The van der Waals surface area contributed by atoms with Gasteiger partial charge in [0.15, 0.2) is 18.1 Å². The van der Waals surface area contributed by atoms with Crippen molar-refractivity contribution >= 4 is 29.1 Å². The molecule has 8 heteroatoms. The standard InChI is InChI=1S/C20H21N3O5/c1-27-17-10-13(4-9-16(17)28-11-18(21)24)20(26)23-15-7-5-14(6-8-15)22-19(25)12-2-3-12/h4-10,12H,2-3,11H2,1H3,(H2,21,24)(H,22,25)(H,23,26). The summed E-state index contributed by atoms with van der Waals surface area (Å²) >= 11 is 0. The predicted octanol–water partition coefficient (Wildman–Crippen LogP) is 2.16. The maximum Gasteiger partial charge on any atom is 0.255 e. The molecule has 8 nitrogen and oxygen atoms in total. The van der Waals surface area contributed by atoms with Crippen LogP contribution in [0.15, 0.2) is 42.5 Å². The van der Waals surface area contributed by atoms with Gasteiger partial charge < -0.3 is 25.8 Å². The Balaban J connectivity index is 1.63. The fraction of sp³-hybridized carbons (Fsp3) is 0.250. The van der Waals surface area contributed by atoms with Crippen LogP contribution in [0.1, 0.15) is 23.2 Å². The SMILES string of the molecule is COc1cc(C(=O)Nc2ccc(NC(=O)C3CC3)cc2)ccc1OCC(N)=O. The fourth-order valence-corrected chi connectivity index (χ4v) is 2.51. The first-order chi connectivity index (χ1) is 13.5. The molecule has 2 aromatic carbocycles. The molecular weight excluding hydrogens is 362 g/mol. The molecule has 1 aliphatic rings. The van der Waals surface area contributed by atoms with Gasteiger partial charge in [-0.25, -0.2) is 0 Å². The molecule has 0 saturated heterocycles. The summed E-state index contributed by atoms with van der Waals surface area (Å²) in [5.41, 5.74) is 6.69. The van der Waals surface area contributed by atoms with E-state index in [2.05, 4.69) is 10.6 Å².